The quantitative estimate of drug-likeness (QED) is 0.716. The lowest BCUT2D eigenvalue weighted by Crippen LogP contribution is -2.16. The van der Waals surface area contributed by atoms with Crippen LogP contribution in [0, 0.1) is 6.92 Å². The van der Waals surface area contributed by atoms with Crippen molar-refractivity contribution < 1.29 is 23.5 Å². The summed E-state index contributed by atoms with van der Waals surface area (Å²) in [6.07, 6.45) is 1.18. The Morgan fingerprint density at radius 1 is 1.04 bits per heavy atom. The molecule has 3 aromatic rings. The fourth-order valence-electron chi connectivity index (χ4n) is 3.27. The summed E-state index contributed by atoms with van der Waals surface area (Å²) < 4.78 is 16.8. The topological polar surface area (TPSA) is 77.8 Å². The van der Waals surface area contributed by atoms with Gasteiger partial charge in [-0.05, 0) is 50.1 Å². The normalized spacial score (nSPS) is 12.8. The van der Waals surface area contributed by atoms with Gasteiger partial charge in [0.25, 0.3) is 5.91 Å². The van der Waals surface area contributed by atoms with Gasteiger partial charge in [-0.1, -0.05) is 6.07 Å². The fourth-order valence-corrected chi connectivity index (χ4v) is 3.27. The number of aryl methyl sites for hydroxylation is 2. The predicted molar refractivity (Wildman–Crippen MR) is 105 cm³/mol. The molecule has 1 amide bonds. The monoisotopic (exact) mass is 379 g/mol. The van der Waals surface area contributed by atoms with Gasteiger partial charge in [0.05, 0.1) is 0 Å². The molecule has 6 nitrogen and oxygen atoms in total. The molecule has 0 fully saturated rings. The summed E-state index contributed by atoms with van der Waals surface area (Å²) in [5, 5.41) is 3.73. The first-order valence-corrected chi connectivity index (χ1v) is 9.24. The van der Waals surface area contributed by atoms with Gasteiger partial charge in [0.2, 0.25) is 0 Å². The number of carbonyl (C=O) groups excluding carboxylic acids is 2. The predicted octanol–water partition coefficient (Wildman–Crippen LogP) is 4.29. The van der Waals surface area contributed by atoms with Crippen molar-refractivity contribution in [2.24, 2.45) is 0 Å². The Labute approximate surface area is 162 Å². The first-order chi connectivity index (χ1) is 13.5. The molecule has 0 spiro atoms. The molecule has 4 rings (SSSR count). The number of ether oxygens (including phenoxy) is 2. The number of nitrogens with one attached hydrogen (secondary N) is 1. The zero-order valence-electron chi connectivity index (χ0n) is 15.8. The maximum atomic E-state index is 12.8. The van der Waals surface area contributed by atoms with Crippen molar-refractivity contribution >= 4 is 28.3 Å². The Bertz CT molecular complexity index is 1070. The first kappa shape index (κ1) is 18.1. The Kier molecular flexibility index (Phi) is 4.77. The number of carbonyl (C=O) groups is 2. The summed E-state index contributed by atoms with van der Waals surface area (Å²) in [6, 6.07) is 11.0. The number of furan rings is 1. The molecule has 1 N–H and O–H groups in total. The number of benzene rings is 2. The Balaban J connectivity index is 1.57. The van der Waals surface area contributed by atoms with E-state index < -0.39 is 0 Å². The zero-order chi connectivity index (χ0) is 19.7. The number of amides is 1. The maximum Gasteiger partial charge on any atom is 0.291 e. The Morgan fingerprint density at radius 3 is 2.61 bits per heavy atom. The second-order valence-corrected chi connectivity index (χ2v) is 6.90. The Morgan fingerprint density at radius 2 is 1.82 bits per heavy atom. The van der Waals surface area contributed by atoms with Gasteiger partial charge in [-0.3, -0.25) is 4.79 Å². The molecule has 0 bridgehead atoms. The van der Waals surface area contributed by atoms with Crippen LogP contribution in [-0.4, -0.2) is 24.9 Å². The first-order valence-electron chi connectivity index (χ1n) is 9.24. The number of hydrogen-bond acceptors (Lipinski definition) is 5. The lowest BCUT2D eigenvalue weighted by Gasteiger charge is -2.18. The van der Waals surface area contributed by atoms with Crippen molar-refractivity contribution in [1.29, 1.82) is 0 Å². The highest BCUT2D eigenvalue weighted by Gasteiger charge is 2.19. The number of fused-ring (bicyclic) bond motifs is 2. The highest BCUT2D eigenvalue weighted by atomic mass is 16.6. The molecule has 28 heavy (non-hydrogen) atoms. The van der Waals surface area contributed by atoms with Gasteiger partial charge in [0, 0.05) is 29.1 Å². The fraction of sp³-hybridized carbons (Fsp3) is 0.273. The summed E-state index contributed by atoms with van der Waals surface area (Å²) in [5.74, 6) is 1.38. The van der Waals surface area contributed by atoms with Crippen LogP contribution in [0.1, 0.15) is 35.0 Å². The summed E-state index contributed by atoms with van der Waals surface area (Å²) in [4.78, 5) is 24.0. The minimum absolute atomic E-state index is 0.156. The van der Waals surface area contributed by atoms with E-state index in [1.807, 2.05) is 25.1 Å². The second-order valence-electron chi connectivity index (χ2n) is 6.90. The van der Waals surface area contributed by atoms with E-state index in [2.05, 4.69) is 5.32 Å². The molecule has 1 aliphatic rings. The Hall–Kier alpha value is -3.28. The maximum absolute atomic E-state index is 12.8. The summed E-state index contributed by atoms with van der Waals surface area (Å²) >= 11 is 0. The third kappa shape index (κ3) is 3.58. The van der Waals surface area contributed by atoms with Gasteiger partial charge in [-0.25, -0.2) is 0 Å². The van der Waals surface area contributed by atoms with Gasteiger partial charge in [0.1, 0.15) is 24.6 Å². The van der Waals surface area contributed by atoms with E-state index in [9.17, 15) is 9.59 Å². The molecule has 0 saturated heterocycles. The molecular formula is C22H21NO5. The van der Waals surface area contributed by atoms with Crippen molar-refractivity contribution in [2.45, 2.75) is 26.7 Å². The molecule has 144 valence electrons. The molecule has 0 unspecified atom stereocenters. The SMILES string of the molecule is CC(=O)CCc1ccc2oc(C(=O)Nc3ccc4c(c3)OCCO4)c(C)c2c1. The van der Waals surface area contributed by atoms with Gasteiger partial charge in [-0.15, -0.1) is 0 Å². The minimum atomic E-state index is -0.323. The number of ketones is 1. The molecule has 0 saturated carbocycles. The van der Waals surface area contributed by atoms with Crippen molar-refractivity contribution in [3.05, 3.63) is 53.3 Å². The van der Waals surface area contributed by atoms with Gasteiger partial charge >= 0.3 is 0 Å². The van der Waals surface area contributed by atoms with Crippen LogP contribution < -0.4 is 14.8 Å². The van der Waals surface area contributed by atoms with Crippen LogP contribution in [0.4, 0.5) is 5.69 Å². The molecule has 6 heteroatoms. The van der Waals surface area contributed by atoms with E-state index in [0.29, 0.717) is 48.8 Å². The van der Waals surface area contributed by atoms with Crippen molar-refractivity contribution in [3.8, 4) is 11.5 Å². The van der Waals surface area contributed by atoms with Crippen molar-refractivity contribution in [3.63, 3.8) is 0 Å². The van der Waals surface area contributed by atoms with E-state index in [-0.39, 0.29) is 17.5 Å². The third-order valence-electron chi connectivity index (χ3n) is 4.77. The minimum Gasteiger partial charge on any atom is -0.486 e. The van der Waals surface area contributed by atoms with Crippen molar-refractivity contribution in [2.75, 3.05) is 18.5 Å². The van der Waals surface area contributed by atoms with Crippen LogP contribution >= 0.6 is 0 Å². The molecule has 1 aromatic heterocycles. The average Bonchev–Trinajstić information content (AvgIpc) is 3.02. The third-order valence-corrected chi connectivity index (χ3v) is 4.77. The largest absolute Gasteiger partial charge is 0.486 e. The smallest absolute Gasteiger partial charge is 0.291 e. The number of hydrogen-bond donors (Lipinski definition) is 1. The molecule has 2 heterocycles. The van der Waals surface area contributed by atoms with Crippen LogP contribution in [0.15, 0.2) is 40.8 Å². The average molecular weight is 379 g/mol. The molecular weight excluding hydrogens is 358 g/mol. The highest BCUT2D eigenvalue weighted by molar-refractivity contribution is 6.06. The van der Waals surface area contributed by atoms with E-state index in [0.717, 1.165) is 16.5 Å². The van der Waals surface area contributed by atoms with E-state index in [1.165, 1.54) is 0 Å². The highest BCUT2D eigenvalue weighted by Crippen LogP contribution is 2.33. The number of Topliss-reactive ketones (excluding diaryl/α,β-unsaturated/α-hetero) is 1. The van der Waals surface area contributed by atoms with E-state index in [4.69, 9.17) is 13.9 Å². The molecule has 0 aliphatic carbocycles. The van der Waals surface area contributed by atoms with Gasteiger partial charge in [-0.2, -0.15) is 0 Å². The van der Waals surface area contributed by atoms with Crippen LogP contribution in [0.3, 0.4) is 0 Å². The zero-order valence-corrected chi connectivity index (χ0v) is 15.8. The number of anilines is 1. The van der Waals surface area contributed by atoms with Gasteiger partial charge < -0.3 is 24.0 Å². The van der Waals surface area contributed by atoms with Gasteiger partial charge in [0.15, 0.2) is 17.3 Å². The summed E-state index contributed by atoms with van der Waals surface area (Å²) in [5.41, 5.74) is 3.08. The molecule has 2 aromatic carbocycles. The lowest BCUT2D eigenvalue weighted by molar-refractivity contribution is -0.116. The standard InChI is InChI=1S/C22H21NO5/c1-13(24)3-4-15-5-7-18-17(11-15)14(2)21(28-18)22(25)23-16-6-8-19-20(12-16)27-10-9-26-19/h5-8,11-12H,3-4,9-10H2,1-2H3,(H,23,25). The van der Waals surface area contributed by atoms with Crippen LogP contribution in [0.2, 0.25) is 0 Å². The lowest BCUT2D eigenvalue weighted by atomic mass is 10.0. The van der Waals surface area contributed by atoms with Crippen LogP contribution in [0.25, 0.3) is 11.0 Å². The van der Waals surface area contributed by atoms with Crippen molar-refractivity contribution in [1.82, 2.24) is 0 Å². The van der Waals surface area contributed by atoms with E-state index in [1.54, 1.807) is 25.1 Å². The summed E-state index contributed by atoms with van der Waals surface area (Å²) in [6.45, 7) is 4.45. The van der Waals surface area contributed by atoms with Crippen LogP contribution in [-0.2, 0) is 11.2 Å². The molecule has 1 aliphatic heterocycles. The summed E-state index contributed by atoms with van der Waals surface area (Å²) in [7, 11) is 0. The van der Waals surface area contributed by atoms with Crippen LogP contribution in [0.5, 0.6) is 11.5 Å². The van der Waals surface area contributed by atoms with E-state index >= 15 is 0 Å². The number of rotatable bonds is 5. The molecule has 0 radical (unpaired) electrons. The second kappa shape index (κ2) is 7.38. The molecule has 0 atom stereocenters.